The number of hydrogen-bond acceptors (Lipinski definition) is 3. The minimum atomic E-state index is -0.474. The minimum Gasteiger partial charge on any atom is -0.352 e. The molecule has 0 aliphatic carbocycles. The lowest BCUT2D eigenvalue weighted by atomic mass is 9.98. The summed E-state index contributed by atoms with van der Waals surface area (Å²) in [7, 11) is 0. The van der Waals surface area contributed by atoms with Crippen LogP contribution >= 0.6 is 0 Å². The molecule has 1 aliphatic heterocycles. The van der Waals surface area contributed by atoms with E-state index in [0.29, 0.717) is 19.0 Å². The number of carbonyl (C=O) groups is 2. The summed E-state index contributed by atoms with van der Waals surface area (Å²) in [6, 6.07) is 0.0821. The highest BCUT2D eigenvalue weighted by Crippen LogP contribution is 2.21. The first-order valence-corrected chi connectivity index (χ1v) is 10.1. The fourth-order valence-corrected chi connectivity index (χ4v) is 3.66. The Kier molecular flexibility index (Phi) is 7.22. The second-order valence-electron chi connectivity index (χ2n) is 8.19. The molecule has 1 atom stereocenters. The highest BCUT2D eigenvalue weighted by molar-refractivity contribution is 5.99. The van der Waals surface area contributed by atoms with Crippen LogP contribution in [0.4, 0.5) is 0 Å². The first kappa shape index (κ1) is 21.2. The number of hydrogen-bond donors (Lipinski definition) is 1. The molecule has 27 heavy (non-hydrogen) atoms. The molecule has 0 aromatic carbocycles. The molecule has 1 saturated heterocycles. The third-order valence-corrected chi connectivity index (χ3v) is 4.91. The molecule has 0 radical (unpaired) electrons. The normalized spacial score (nSPS) is 17.4. The van der Waals surface area contributed by atoms with Crippen LogP contribution in [0.25, 0.3) is 0 Å². The van der Waals surface area contributed by atoms with Crippen molar-refractivity contribution in [3.63, 3.8) is 0 Å². The fraction of sp³-hybridized carbons (Fsp3) is 0.667. The second kappa shape index (κ2) is 9.20. The number of aromatic nitrogens is 1. The summed E-state index contributed by atoms with van der Waals surface area (Å²) in [6.45, 7) is 11.2. The molecule has 1 fully saturated rings. The van der Waals surface area contributed by atoms with Gasteiger partial charge in [0.2, 0.25) is 5.43 Å². The van der Waals surface area contributed by atoms with E-state index in [1.54, 1.807) is 17.0 Å². The van der Waals surface area contributed by atoms with Gasteiger partial charge < -0.3 is 14.8 Å². The average molecular weight is 376 g/mol. The maximum atomic E-state index is 13.2. The lowest BCUT2D eigenvalue weighted by Gasteiger charge is -2.35. The zero-order valence-corrected chi connectivity index (χ0v) is 17.2. The molecule has 2 heterocycles. The van der Waals surface area contributed by atoms with E-state index in [-0.39, 0.29) is 29.1 Å². The molecule has 0 saturated carbocycles. The summed E-state index contributed by atoms with van der Waals surface area (Å²) in [5.74, 6) is -0.342. The highest BCUT2D eigenvalue weighted by Gasteiger charge is 2.29. The monoisotopic (exact) mass is 375 g/mol. The Labute approximate surface area is 161 Å². The molecule has 1 aromatic rings. The van der Waals surface area contributed by atoms with Gasteiger partial charge in [-0.25, -0.2) is 0 Å². The van der Waals surface area contributed by atoms with Crippen LogP contribution in [0.1, 0.15) is 81.0 Å². The first-order chi connectivity index (χ1) is 12.7. The largest absolute Gasteiger partial charge is 0.352 e. The lowest BCUT2D eigenvalue weighted by Crippen LogP contribution is -2.46. The number of piperidine rings is 1. The zero-order valence-electron chi connectivity index (χ0n) is 17.2. The number of nitrogens with one attached hydrogen (secondary N) is 1. The average Bonchev–Trinajstić information content (AvgIpc) is 2.61. The predicted molar refractivity (Wildman–Crippen MR) is 107 cm³/mol. The Morgan fingerprint density at radius 2 is 1.81 bits per heavy atom. The molecule has 150 valence electrons. The second-order valence-corrected chi connectivity index (χ2v) is 8.19. The molecule has 2 amide bonds. The van der Waals surface area contributed by atoms with E-state index in [2.05, 4.69) is 26.1 Å². The van der Waals surface area contributed by atoms with Crippen LogP contribution in [-0.2, 0) is 6.54 Å². The number of likely N-dealkylation sites (tertiary alicyclic amines) is 1. The molecule has 6 nitrogen and oxygen atoms in total. The van der Waals surface area contributed by atoms with Crippen molar-refractivity contribution in [1.82, 2.24) is 14.8 Å². The number of amides is 2. The van der Waals surface area contributed by atoms with E-state index in [1.165, 1.54) is 0 Å². The summed E-state index contributed by atoms with van der Waals surface area (Å²) in [4.78, 5) is 40.6. The summed E-state index contributed by atoms with van der Waals surface area (Å²) in [6.07, 6.45) is 7.10. The van der Waals surface area contributed by atoms with Gasteiger partial charge in [0.05, 0.1) is 0 Å². The van der Waals surface area contributed by atoms with Crippen LogP contribution in [0.3, 0.4) is 0 Å². The molecular weight excluding hydrogens is 342 g/mol. The Hall–Kier alpha value is -2.11. The highest BCUT2D eigenvalue weighted by atomic mass is 16.2. The van der Waals surface area contributed by atoms with Crippen molar-refractivity contribution in [3.8, 4) is 0 Å². The number of nitrogens with zero attached hydrogens (tertiary/aromatic N) is 2. The van der Waals surface area contributed by atoms with Gasteiger partial charge in [0.15, 0.2) is 0 Å². The molecule has 1 unspecified atom stereocenters. The van der Waals surface area contributed by atoms with Crippen LogP contribution in [-0.4, -0.2) is 39.9 Å². The summed E-state index contributed by atoms with van der Waals surface area (Å²) in [5.41, 5.74) is -0.328. The standard InChI is InChI=1S/C21H33N3O3/c1-6-16-9-7-8-10-24(16)21(27)18-13-23(11-14(2)3)12-17(19(18)25)20(26)22-15(4)5/h12-16H,6-11H2,1-5H3,(H,22,26). The van der Waals surface area contributed by atoms with Crippen molar-refractivity contribution in [2.45, 2.75) is 78.9 Å². The van der Waals surface area contributed by atoms with E-state index in [1.807, 2.05) is 18.7 Å². The first-order valence-electron chi connectivity index (χ1n) is 10.1. The smallest absolute Gasteiger partial charge is 0.259 e. The molecule has 1 aliphatic rings. The maximum absolute atomic E-state index is 13.2. The topological polar surface area (TPSA) is 71.4 Å². The van der Waals surface area contributed by atoms with Crippen molar-refractivity contribution < 1.29 is 9.59 Å². The van der Waals surface area contributed by atoms with Crippen LogP contribution in [0.15, 0.2) is 17.2 Å². The number of rotatable bonds is 6. The Morgan fingerprint density at radius 1 is 1.15 bits per heavy atom. The minimum absolute atomic E-state index is 0.0419. The van der Waals surface area contributed by atoms with E-state index in [0.717, 1.165) is 25.7 Å². The van der Waals surface area contributed by atoms with Gasteiger partial charge in [0.1, 0.15) is 11.1 Å². The fourth-order valence-electron chi connectivity index (χ4n) is 3.66. The van der Waals surface area contributed by atoms with Crippen molar-refractivity contribution in [2.75, 3.05) is 6.54 Å². The quantitative estimate of drug-likeness (QED) is 0.831. The molecule has 1 N–H and O–H groups in total. The van der Waals surface area contributed by atoms with Gasteiger partial charge in [-0.05, 0) is 45.4 Å². The van der Waals surface area contributed by atoms with Crippen molar-refractivity contribution in [3.05, 3.63) is 33.7 Å². The third kappa shape index (κ3) is 5.21. The van der Waals surface area contributed by atoms with E-state index in [9.17, 15) is 14.4 Å². The van der Waals surface area contributed by atoms with Crippen LogP contribution in [0.2, 0.25) is 0 Å². The molecule has 0 bridgehead atoms. The Balaban J connectivity index is 2.48. The number of pyridine rings is 1. The SMILES string of the molecule is CCC1CCCCN1C(=O)c1cn(CC(C)C)cc(C(=O)NC(C)C)c1=O. The predicted octanol–water partition coefficient (Wildman–Crippen LogP) is 3.05. The van der Waals surface area contributed by atoms with Gasteiger partial charge in [-0.3, -0.25) is 14.4 Å². The van der Waals surface area contributed by atoms with Crippen molar-refractivity contribution in [1.29, 1.82) is 0 Å². The van der Waals surface area contributed by atoms with Gasteiger partial charge >= 0.3 is 0 Å². The van der Waals surface area contributed by atoms with Gasteiger partial charge in [-0.2, -0.15) is 0 Å². The van der Waals surface area contributed by atoms with E-state index in [4.69, 9.17) is 0 Å². The van der Waals surface area contributed by atoms with Crippen LogP contribution in [0, 0.1) is 5.92 Å². The third-order valence-electron chi connectivity index (χ3n) is 4.91. The Bertz CT molecular complexity index is 737. The molecular formula is C21H33N3O3. The van der Waals surface area contributed by atoms with Gasteiger partial charge in [-0.15, -0.1) is 0 Å². The Morgan fingerprint density at radius 3 is 2.41 bits per heavy atom. The van der Waals surface area contributed by atoms with Crippen molar-refractivity contribution >= 4 is 11.8 Å². The van der Waals surface area contributed by atoms with E-state index < -0.39 is 11.3 Å². The zero-order chi connectivity index (χ0) is 20.1. The summed E-state index contributed by atoms with van der Waals surface area (Å²) >= 11 is 0. The molecule has 0 spiro atoms. The van der Waals surface area contributed by atoms with Gasteiger partial charge in [-0.1, -0.05) is 20.8 Å². The summed E-state index contributed by atoms with van der Waals surface area (Å²) in [5, 5.41) is 2.77. The molecule has 1 aromatic heterocycles. The lowest BCUT2D eigenvalue weighted by molar-refractivity contribution is 0.0605. The van der Waals surface area contributed by atoms with Gasteiger partial charge in [0.25, 0.3) is 11.8 Å². The summed E-state index contributed by atoms with van der Waals surface area (Å²) < 4.78 is 1.80. The molecule has 6 heteroatoms. The van der Waals surface area contributed by atoms with Crippen LogP contribution in [0.5, 0.6) is 0 Å². The number of carbonyl (C=O) groups excluding carboxylic acids is 2. The van der Waals surface area contributed by atoms with Crippen LogP contribution < -0.4 is 10.7 Å². The van der Waals surface area contributed by atoms with E-state index >= 15 is 0 Å². The van der Waals surface area contributed by atoms with Crippen molar-refractivity contribution in [2.24, 2.45) is 5.92 Å². The molecule has 2 rings (SSSR count). The maximum Gasteiger partial charge on any atom is 0.259 e. The van der Waals surface area contributed by atoms with Gasteiger partial charge in [0, 0.05) is 37.6 Å².